The summed E-state index contributed by atoms with van der Waals surface area (Å²) in [5.41, 5.74) is 0.707. The minimum atomic E-state index is -4.19. The van der Waals surface area contributed by atoms with E-state index >= 15 is 0 Å². The lowest BCUT2D eigenvalue weighted by molar-refractivity contribution is -0.146. The molecule has 0 aliphatic rings. The molecule has 0 bridgehead atoms. The molecule has 18 heavy (non-hydrogen) atoms. The van der Waals surface area contributed by atoms with Crippen LogP contribution in [0.1, 0.15) is 31.7 Å². The fourth-order valence-corrected chi connectivity index (χ4v) is 1.18. The van der Waals surface area contributed by atoms with Gasteiger partial charge in [0.1, 0.15) is 6.61 Å². The van der Waals surface area contributed by atoms with Crippen molar-refractivity contribution < 1.29 is 22.4 Å². The summed E-state index contributed by atoms with van der Waals surface area (Å²) in [6.07, 6.45) is -5.14. The zero-order valence-electron chi connectivity index (χ0n) is 10.4. The lowest BCUT2D eigenvalue weighted by atomic mass is 10.3. The molecule has 7 heteroatoms. The highest BCUT2D eigenvalue weighted by molar-refractivity contribution is 5.04. The fraction of sp³-hybridized carbons (Fsp3) is 0.727. The molecule has 0 unspecified atom stereocenters. The van der Waals surface area contributed by atoms with Crippen LogP contribution in [-0.2, 0) is 17.9 Å². The number of halogens is 3. The van der Waals surface area contributed by atoms with Crippen molar-refractivity contribution in [3.8, 4) is 0 Å². The Balaban J connectivity index is 2.23. The van der Waals surface area contributed by atoms with E-state index in [0.717, 1.165) is 0 Å². The van der Waals surface area contributed by atoms with E-state index in [2.05, 4.69) is 10.5 Å². The Hall–Kier alpha value is -1.08. The van der Waals surface area contributed by atoms with E-state index in [-0.39, 0.29) is 13.2 Å². The van der Waals surface area contributed by atoms with Gasteiger partial charge in [0.2, 0.25) is 0 Å². The summed E-state index contributed by atoms with van der Waals surface area (Å²) in [4.78, 5) is 0. The lowest BCUT2D eigenvalue weighted by Gasteiger charge is -2.05. The summed E-state index contributed by atoms with van der Waals surface area (Å²) >= 11 is 0. The fourth-order valence-electron chi connectivity index (χ4n) is 1.18. The smallest absolute Gasteiger partial charge is 0.373 e. The van der Waals surface area contributed by atoms with Gasteiger partial charge in [-0.05, 0) is 0 Å². The highest BCUT2D eigenvalue weighted by Crippen LogP contribution is 2.19. The predicted octanol–water partition coefficient (Wildman–Crippen LogP) is 2.64. The van der Waals surface area contributed by atoms with Crippen LogP contribution in [0.2, 0.25) is 0 Å². The van der Waals surface area contributed by atoms with Gasteiger partial charge in [-0.25, -0.2) is 0 Å². The molecule has 0 aromatic carbocycles. The van der Waals surface area contributed by atoms with Crippen molar-refractivity contribution in [2.24, 2.45) is 0 Å². The molecular weight excluding hydrogens is 249 g/mol. The molecule has 0 saturated carbocycles. The Bertz CT molecular complexity index is 350. The molecule has 104 valence electrons. The van der Waals surface area contributed by atoms with Crippen LogP contribution in [0.3, 0.4) is 0 Å². The van der Waals surface area contributed by atoms with Crippen LogP contribution in [0.15, 0.2) is 10.6 Å². The third-order valence-corrected chi connectivity index (χ3v) is 2.07. The number of aromatic nitrogens is 1. The standard InChI is InChI=1S/C11H17F3N2O2/c1-8(2)15-6-9-5-10(18-16-9)7-17-4-3-11(12,13)14/h5,8,15H,3-4,6-7H2,1-2H3. The maximum absolute atomic E-state index is 11.8. The highest BCUT2D eigenvalue weighted by atomic mass is 19.4. The predicted molar refractivity (Wildman–Crippen MR) is 58.8 cm³/mol. The summed E-state index contributed by atoms with van der Waals surface area (Å²) in [5, 5.41) is 6.93. The van der Waals surface area contributed by atoms with E-state index in [1.54, 1.807) is 6.07 Å². The normalized spacial score (nSPS) is 12.3. The number of nitrogens with one attached hydrogen (secondary N) is 1. The summed E-state index contributed by atoms with van der Waals surface area (Å²) in [6.45, 7) is 4.20. The van der Waals surface area contributed by atoms with Crippen molar-refractivity contribution in [3.05, 3.63) is 17.5 Å². The van der Waals surface area contributed by atoms with Gasteiger partial charge in [-0.3, -0.25) is 0 Å². The molecule has 0 spiro atoms. The van der Waals surface area contributed by atoms with Crippen molar-refractivity contribution in [2.45, 2.75) is 45.6 Å². The molecule has 0 saturated heterocycles. The van der Waals surface area contributed by atoms with E-state index in [9.17, 15) is 13.2 Å². The van der Waals surface area contributed by atoms with Crippen LogP contribution in [0, 0.1) is 0 Å². The van der Waals surface area contributed by atoms with Crippen molar-refractivity contribution in [3.63, 3.8) is 0 Å². The highest BCUT2D eigenvalue weighted by Gasteiger charge is 2.26. The quantitative estimate of drug-likeness (QED) is 0.771. The molecular formula is C11H17F3N2O2. The molecule has 1 rings (SSSR count). The molecule has 0 atom stereocenters. The minimum Gasteiger partial charge on any atom is -0.373 e. The maximum Gasteiger partial charge on any atom is 0.391 e. The van der Waals surface area contributed by atoms with Gasteiger partial charge in [-0.1, -0.05) is 19.0 Å². The molecule has 1 N–H and O–H groups in total. The van der Waals surface area contributed by atoms with Gasteiger partial charge in [0.05, 0.1) is 18.7 Å². The topological polar surface area (TPSA) is 47.3 Å². The van der Waals surface area contributed by atoms with Gasteiger partial charge in [-0.2, -0.15) is 13.2 Å². The Morgan fingerprint density at radius 3 is 2.78 bits per heavy atom. The van der Waals surface area contributed by atoms with Crippen molar-refractivity contribution in [1.29, 1.82) is 0 Å². The van der Waals surface area contributed by atoms with Crippen LogP contribution in [0.25, 0.3) is 0 Å². The lowest BCUT2D eigenvalue weighted by Crippen LogP contribution is -2.21. The van der Waals surface area contributed by atoms with Crippen molar-refractivity contribution >= 4 is 0 Å². The average Bonchev–Trinajstić information content (AvgIpc) is 2.68. The van der Waals surface area contributed by atoms with E-state index in [0.29, 0.717) is 24.0 Å². The van der Waals surface area contributed by atoms with Crippen LogP contribution < -0.4 is 5.32 Å². The number of alkyl halides is 3. The van der Waals surface area contributed by atoms with Gasteiger partial charge in [-0.15, -0.1) is 0 Å². The first-order valence-electron chi connectivity index (χ1n) is 5.69. The maximum atomic E-state index is 11.8. The van der Waals surface area contributed by atoms with E-state index in [4.69, 9.17) is 9.26 Å². The number of hydrogen-bond acceptors (Lipinski definition) is 4. The Labute approximate surface area is 103 Å². The number of ether oxygens (including phenoxy) is 1. The number of nitrogens with zero attached hydrogens (tertiary/aromatic N) is 1. The third kappa shape index (κ3) is 6.61. The monoisotopic (exact) mass is 266 g/mol. The third-order valence-electron chi connectivity index (χ3n) is 2.07. The number of hydrogen-bond donors (Lipinski definition) is 1. The Morgan fingerprint density at radius 1 is 1.44 bits per heavy atom. The van der Waals surface area contributed by atoms with Crippen LogP contribution in [0.5, 0.6) is 0 Å². The largest absolute Gasteiger partial charge is 0.391 e. The molecule has 0 amide bonds. The second-order valence-electron chi connectivity index (χ2n) is 4.24. The average molecular weight is 266 g/mol. The second kappa shape index (κ2) is 6.75. The van der Waals surface area contributed by atoms with Gasteiger partial charge < -0.3 is 14.6 Å². The summed E-state index contributed by atoms with van der Waals surface area (Å²) < 4.78 is 45.3. The molecule has 0 aliphatic carbocycles. The molecule has 4 nitrogen and oxygen atoms in total. The summed E-state index contributed by atoms with van der Waals surface area (Å²) in [5.74, 6) is 0.428. The van der Waals surface area contributed by atoms with E-state index in [1.807, 2.05) is 13.8 Å². The first kappa shape index (κ1) is 15.0. The SMILES string of the molecule is CC(C)NCc1cc(COCCC(F)(F)F)on1. The second-order valence-corrected chi connectivity index (χ2v) is 4.24. The van der Waals surface area contributed by atoms with Gasteiger partial charge in [0.25, 0.3) is 0 Å². The van der Waals surface area contributed by atoms with E-state index < -0.39 is 12.6 Å². The molecule has 0 radical (unpaired) electrons. The molecule has 1 heterocycles. The molecule has 1 aromatic rings. The summed E-state index contributed by atoms with van der Waals surface area (Å²) in [7, 11) is 0. The van der Waals surface area contributed by atoms with Crippen LogP contribution in [0.4, 0.5) is 13.2 Å². The number of rotatable bonds is 7. The van der Waals surface area contributed by atoms with Crippen molar-refractivity contribution in [1.82, 2.24) is 10.5 Å². The van der Waals surface area contributed by atoms with Gasteiger partial charge in [0, 0.05) is 18.7 Å². The molecule has 0 fully saturated rings. The Morgan fingerprint density at radius 2 is 2.17 bits per heavy atom. The van der Waals surface area contributed by atoms with E-state index in [1.165, 1.54) is 0 Å². The zero-order valence-corrected chi connectivity index (χ0v) is 10.4. The van der Waals surface area contributed by atoms with Crippen molar-refractivity contribution in [2.75, 3.05) is 6.61 Å². The van der Waals surface area contributed by atoms with Gasteiger partial charge >= 0.3 is 6.18 Å². The van der Waals surface area contributed by atoms with Crippen LogP contribution >= 0.6 is 0 Å². The Kier molecular flexibility index (Phi) is 5.61. The first-order valence-corrected chi connectivity index (χ1v) is 5.69. The minimum absolute atomic E-state index is 0.00472. The first-order chi connectivity index (χ1) is 8.37. The summed E-state index contributed by atoms with van der Waals surface area (Å²) in [6, 6.07) is 2.00. The van der Waals surface area contributed by atoms with Crippen LogP contribution in [-0.4, -0.2) is 24.0 Å². The molecule has 0 aliphatic heterocycles. The molecule has 1 aromatic heterocycles. The zero-order chi connectivity index (χ0) is 13.6. The van der Waals surface area contributed by atoms with Gasteiger partial charge in [0.15, 0.2) is 5.76 Å².